The number of hydrogen-bond acceptors (Lipinski definition) is 5. The molecule has 2 heterocycles. The van der Waals surface area contributed by atoms with E-state index in [1.807, 2.05) is 0 Å². The number of nitrogens with zero attached hydrogens (tertiary/aromatic N) is 2. The van der Waals surface area contributed by atoms with Crippen molar-refractivity contribution in [2.45, 2.75) is 32.2 Å². The predicted octanol–water partition coefficient (Wildman–Crippen LogP) is 3.39. The summed E-state index contributed by atoms with van der Waals surface area (Å²) in [6, 6.07) is 6.34. The predicted molar refractivity (Wildman–Crippen MR) is 90.8 cm³/mol. The summed E-state index contributed by atoms with van der Waals surface area (Å²) in [5.41, 5.74) is 1.67. The first-order valence-electron chi connectivity index (χ1n) is 7.82. The minimum atomic E-state index is -0.418. The number of thiazole rings is 1. The number of H-pyrrole nitrogens is 1. The first-order valence-corrected chi connectivity index (χ1v) is 8.64. The molecule has 2 aromatic rings. The number of non-ortho nitro benzene ring substituents is 1. The standard InChI is InChI=1S/C16H19N3O3S/c20-16-17-15(12-5-7-13(8-6-12)19(21)22)14(23-16)11-18-9-3-1-2-4-10-18/h5-8H,1-4,9-11H2,(H,17,20). The second-order valence-electron chi connectivity index (χ2n) is 5.81. The van der Waals surface area contributed by atoms with E-state index in [4.69, 9.17) is 0 Å². The molecule has 3 rings (SSSR count). The van der Waals surface area contributed by atoms with Crippen molar-refractivity contribution in [3.8, 4) is 11.3 Å². The molecule has 0 aliphatic carbocycles. The minimum absolute atomic E-state index is 0.0559. The third-order valence-electron chi connectivity index (χ3n) is 4.15. The van der Waals surface area contributed by atoms with E-state index in [1.54, 1.807) is 12.1 Å². The molecule has 1 aromatic carbocycles. The van der Waals surface area contributed by atoms with E-state index >= 15 is 0 Å². The molecule has 1 saturated heterocycles. The number of nitrogens with one attached hydrogen (secondary N) is 1. The van der Waals surface area contributed by atoms with Gasteiger partial charge in [-0.3, -0.25) is 19.8 Å². The highest BCUT2D eigenvalue weighted by atomic mass is 32.1. The fourth-order valence-corrected chi connectivity index (χ4v) is 3.85. The Hall–Kier alpha value is -1.99. The van der Waals surface area contributed by atoms with Gasteiger partial charge in [-0.15, -0.1) is 0 Å². The van der Waals surface area contributed by atoms with Crippen LogP contribution in [0.2, 0.25) is 0 Å². The minimum Gasteiger partial charge on any atom is -0.312 e. The second kappa shape index (κ2) is 7.06. The molecule has 7 heteroatoms. The van der Waals surface area contributed by atoms with Crippen molar-refractivity contribution in [2.75, 3.05) is 13.1 Å². The van der Waals surface area contributed by atoms with Crippen molar-refractivity contribution in [2.24, 2.45) is 0 Å². The monoisotopic (exact) mass is 333 g/mol. The van der Waals surface area contributed by atoms with Crippen molar-refractivity contribution in [1.82, 2.24) is 9.88 Å². The van der Waals surface area contributed by atoms with E-state index in [1.165, 1.54) is 49.2 Å². The van der Waals surface area contributed by atoms with E-state index in [9.17, 15) is 14.9 Å². The lowest BCUT2D eigenvalue weighted by molar-refractivity contribution is -0.384. The van der Waals surface area contributed by atoms with Crippen LogP contribution in [0.15, 0.2) is 29.1 Å². The van der Waals surface area contributed by atoms with Crippen LogP contribution in [0.5, 0.6) is 0 Å². The van der Waals surface area contributed by atoms with Gasteiger partial charge >= 0.3 is 4.87 Å². The average molecular weight is 333 g/mol. The molecule has 1 aromatic heterocycles. The first kappa shape index (κ1) is 15.9. The Bertz CT molecular complexity index is 728. The number of hydrogen-bond donors (Lipinski definition) is 1. The van der Waals surface area contributed by atoms with Gasteiger partial charge in [0.05, 0.1) is 10.6 Å². The fraction of sp³-hybridized carbons (Fsp3) is 0.438. The Morgan fingerprint density at radius 3 is 2.39 bits per heavy atom. The summed E-state index contributed by atoms with van der Waals surface area (Å²) in [4.78, 5) is 28.3. The van der Waals surface area contributed by atoms with Crippen LogP contribution < -0.4 is 4.87 Å². The zero-order chi connectivity index (χ0) is 16.2. The van der Waals surface area contributed by atoms with Gasteiger partial charge in [0, 0.05) is 23.6 Å². The van der Waals surface area contributed by atoms with E-state index in [0.29, 0.717) is 0 Å². The number of likely N-dealkylation sites (tertiary alicyclic amines) is 1. The Labute approximate surface area is 137 Å². The molecule has 0 unspecified atom stereocenters. The second-order valence-corrected chi connectivity index (χ2v) is 6.87. The maximum atomic E-state index is 11.8. The summed E-state index contributed by atoms with van der Waals surface area (Å²) in [6.45, 7) is 2.88. The van der Waals surface area contributed by atoms with E-state index < -0.39 is 4.92 Å². The molecule has 0 spiro atoms. The molecule has 0 radical (unpaired) electrons. The van der Waals surface area contributed by atoms with Gasteiger partial charge in [0.15, 0.2) is 0 Å². The molecule has 0 atom stereocenters. The molecule has 0 saturated carbocycles. The molecular weight excluding hydrogens is 314 g/mol. The van der Waals surface area contributed by atoms with Crippen LogP contribution in [0.4, 0.5) is 5.69 Å². The van der Waals surface area contributed by atoms with Crippen LogP contribution in [-0.4, -0.2) is 27.9 Å². The lowest BCUT2D eigenvalue weighted by Gasteiger charge is -2.19. The van der Waals surface area contributed by atoms with Crippen LogP contribution in [-0.2, 0) is 6.54 Å². The Morgan fingerprint density at radius 2 is 1.78 bits per heavy atom. The topological polar surface area (TPSA) is 79.2 Å². The van der Waals surface area contributed by atoms with Gasteiger partial charge < -0.3 is 4.98 Å². The quantitative estimate of drug-likeness (QED) is 0.687. The van der Waals surface area contributed by atoms with Crippen molar-refractivity contribution in [1.29, 1.82) is 0 Å². The van der Waals surface area contributed by atoms with Gasteiger partial charge in [-0.1, -0.05) is 24.2 Å². The van der Waals surface area contributed by atoms with Gasteiger partial charge in [0.1, 0.15) is 0 Å². The van der Waals surface area contributed by atoms with Crippen LogP contribution in [0.3, 0.4) is 0 Å². The average Bonchev–Trinajstić information content (AvgIpc) is 2.74. The number of aromatic amines is 1. The van der Waals surface area contributed by atoms with Gasteiger partial charge in [0.25, 0.3) is 5.69 Å². The molecule has 1 aliphatic heterocycles. The number of nitro benzene ring substituents is 1. The normalized spacial score (nSPS) is 16.2. The molecule has 0 amide bonds. The van der Waals surface area contributed by atoms with Crippen LogP contribution >= 0.6 is 11.3 Å². The van der Waals surface area contributed by atoms with E-state index in [-0.39, 0.29) is 10.6 Å². The zero-order valence-corrected chi connectivity index (χ0v) is 13.6. The summed E-state index contributed by atoms with van der Waals surface area (Å²) in [6.07, 6.45) is 4.95. The summed E-state index contributed by atoms with van der Waals surface area (Å²) in [5.74, 6) is 0. The van der Waals surface area contributed by atoms with Crippen molar-refractivity contribution in [3.05, 3.63) is 48.9 Å². The van der Waals surface area contributed by atoms with E-state index in [0.717, 1.165) is 35.8 Å². The molecule has 23 heavy (non-hydrogen) atoms. The molecule has 1 aliphatic rings. The summed E-state index contributed by atoms with van der Waals surface area (Å²) in [5, 5.41) is 10.8. The van der Waals surface area contributed by atoms with Gasteiger partial charge in [-0.05, 0) is 43.6 Å². The maximum Gasteiger partial charge on any atom is 0.305 e. The maximum absolute atomic E-state index is 11.8. The highest BCUT2D eigenvalue weighted by molar-refractivity contribution is 7.09. The highest BCUT2D eigenvalue weighted by Gasteiger charge is 2.16. The van der Waals surface area contributed by atoms with Crippen molar-refractivity contribution < 1.29 is 4.92 Å². The SMILES string of the molecule is O=c1[nH]c(-c2ccc([N+](=O)[O-])cc2)c(CN2CCCCCC2)s1. The van der Waals surface area contributed by atoms with Gasteiger partial charge in [-0.25, -0.2) is 0 Å². The Kier molecular flexibility index (Phi) is 4.88. The molecule has 0 bridgehead atoms. The molecule has 1 fully saturated rings. The lowest BCUT2D eigenvalue weighted by atomic mass is 10.1. The summed E-state index contributed by atoms with van der Waals surface area (Å²) >= 11 is 1.23. The number of benzene rings is 1. The smallest absolute Gasteiger partial charge is 0.305 e. The van der Waals surface area contributed by atoms with Crippen molar-refractivity contribution in [3.63, 3.8) is 0 Å². The zero-order valence-electron chi connectivity index (χ0n) is 12.8. The first-order chi connectivity index (χ1) is 11.1. The lowest BCUT2D eigenvalue weighted by Crippen LogP contribution is -2.23. The van der Waals surface area contributed by atoms with Gasteiger partial charge in [-0.2, -0.15) is 0 Å². The Morgan fingerprint density at radius 1 is 1.13 bits per heavy atom. The number of rotatable bonds is 4. The number of aromatic nitrogens is 1. The largest absolute Gasteiger partial charge is 0.312 e. The molecule has 122 valence electrons. The van der Waals surface area contributed by atoms with E-state index in [2.05, 4.69) is 9.88 Å². The Balaban J connectivity index is 1.84. The summed E-state index contributed by atoms with van der Waals surface area (Å²) in [7, 11) is 0. The van der Waals surface area contributed by atoms with Crippen LogP contribution in [0.25, 0.3) is 11.3 Å². The molecule has 6 nitrogen and oxygen atoms in total. The third-order valence-corrected chi connectivity index (χ3v) is 5.02. The molecule has 1 N–H and O–H groups in total. The summed E-state index contributed by atoms with van der Waals surface area (Å²) < 4.78 is 0. The highest BCUT2D eigenvalue weighted by Crippen LogP contribution is 2.27. The molecular formula is C16H19N3O3S. The number of nitro groups is 1. The van der Waals surface area contributed by atoms with Crippen LogP contribution in [0.1, 0.15) is 30.6 Å². The third kappa shape index (κ3) is 3.86. The van der Waals surface area contributed by atoms with Crippen LogP contribution in [0, 0.1) is 10.1 Å². The van der Waals surface area contributed by atoms with Crippen molar-refractivity contribution >= 4 is 17.0 Å². The fourth-order valence-electron chi connectivity index (χ4n) is 2.95. The van der Waals surface area contributed by atoms with Gasteiger partial charge in [0.2, 0.25) is 0 Å².